The van der Waals surface area contributed by atoms with Crippen molar-refractivity contribution in [2.75, 3.05) is 23.4 Å². The summed E-state index contributed by atoms with van der Waals surface area (Å²) in [6.45, 7) is 1.06. The lowest BCUT2D eigenvalue weighted by molar-refractivity contribution is 0.0303. The molecule has 228 valence electrons. The first-order valence-corrected chi connectivity index (χ1v) is 16.3. The summed E-state index contributed by atoms with van der Waals surface area (Å²) < 4.78 is 44.7. The average molecular weight is 636 g/mol. The summed E-state index contributed by atoms with van der Waals surface area (Å²) in [4.78, 5) is 8.88. The fourth-order valence-electron chi connectivity index (χ4n) is 5.17. The topological polar surface area (TPSA) is 118 Å². The Balaban J connectivity index is 1.12. The van der Waals surface area contributed by atoms with E-state index in [-0.39, 0.29) is 36.8 Å². The van der Waals surface area contributed by atoms with E-state index in [1.165, 1.54) is 18.5 Å². The molecule has 5 aromatic rings. The maximum atomic E-state index is 13.5. The molecule has 0 saturated carbocycles. The minimum atomic E-state index is -3.04. The van der Waals surface area contributed by atoms with Gasteiger partial charge in [-0.3, -0.25) is 0 Å². The third kappa shape index (κ3) is 7.19. The molecule has 0 spiro atoms. The molecule has 3 heterocycles. The van der Waals surface area contributed by atoms with Crippen molar-refractivity contribution in [2.24, 2.45) is 0 Å². The Kier molecular flexibility index (Phi) is 8.55. The molecule has 0 radical (unpaired) electrons. The van der Waals surface area contributed by atoms with Gasteiger partial charge in [-0.2, -0.15) is 0 Å². The zero-order valence-corrected chi connectivity index (χ0v) is 25.3. The number of hydrogen-bond acceptors (Lipinski definition) is 8. The number of aromatic nitrogens is 3. The van der Waals surface area contributed by atoms with Gasteiger partial charge in [0.1, 0.15) is 30.3 Å². The van der Waals surface area contributed by atoms with Crippen LogP contribution < -0.4 is 15.4 Å². The Morgan fingerprint density at radius 3 is 2.66 bits per heavy atom. The van der Waals surface area contributed by atoms with E-state index in [4.69, 9.17) is 16.3 Å². The summed E-state index contributed by atoms with van der Waals surface area (Å²) in [6.07, 6.45) is 5.96. The monoisotopic (exact) mass is 635 g/mol. The zero-order chi connectivity index (χ0) is 30.7. The molecule has 9 nitrogen and oxygen atoms in total. The smallest absolute Gasteiger partial charge is 0.150 e. The van der Waals surface area contributed by atoms with Crippen molar-refractivity contribution in [3.05, 3.63) is 107 Å². The second-order valence-electron chi connectivity index (χ2n) is 11.0. The third-order valence-corrected chi connectivity index (χ3v) is 9.64. The lowest BCUT2D eigenvalue weighted by atomic mass is 9.97. The van der Waals surface area contributed by atoms with E-state index in [1.54, 1.807) is 24.3 Å². The minimum absolute atomic E-state index is 0.0227. The van der Waals surface area contributed by atoms with Gasteiger partial charge in [-0.15, -0.1) is 0 Å². The maximum absolute atomic E-state index is 13.5. The van der Waals surface area contributed by atoms with Crippen LogP contribution in [0.4, 0.5) is 15.9 Å². The van der Waals surface area contributed by atoms with Gasteiger partial charge in [0.05, 0.1) is 27.6 Å². The van der Waals surface area contributed by atoms with Crippen molar-refractivity contribution < 1.29 is 22.7 Å². The van der Waals surface area contributed by atoms with E-state index in [1.807, 2.05) is 47.3 Å². The number of ether oxygens (including phenoxy) is 1. The Bertz CT molecular complexity index is 1900. The van der Waals surface area contributed by atoms with Crippen molar-refractivity contribution in [2.45, 2.75) is 31.6 Å². The van der Waals surface area contributed by atoms with Crippen LogP contribution >= 0.6 is 11.6 Å². The van der Waals surface area contributed by atoms with Crippen LogP contribution in [0.15, 0.2) is 85.5 Å². The molecule has 0 unspecified atom stereocenters. The molecule has 3 aromatic carbocycles. The van der Waals surface area contributed by atoms with Crippen LogP contribution in [0.1, 0.15) is 24.0 Å². The first-order valence-electron chi connectivity index (χ1n) is 14.1. The summed E-state index contributed by atoms with van der Waals surface area (Å²) in [7, 11) is -3.04. The molecular formula is C32H31ClFN5O4S. The number of fused-ring (bicyclic) bond motifs is 1. The molecule has 3 N–H and O–H groups in total. The Hall–Kier alpha value is -4.03. The van der Waals surface area contributed by atoms with E-state index in [2.05, 4.69) is 20.6 Å². The van der Waals surface area contributed by atoms with Crippen LogP contribution in [0.5, 0.6) is 5.75 Å². The Morgan fingerprint density at radius 2 is 1.86 bits per heavy atom. The van der Waals surface area contributed by atoms with Crippen LogP contribution in [-0.2, 0) is 23.0 Å². The van der Waals surface area contributed by atoms with E-state index < -0.39 is 15.4 Å². The van der Waals surface area contributed by atoms with Gasteiger partial charge in [-0.1, -0.05) is 23.7 Å². The van der Waals surface area contributed by atoms with E-state index in [9.17, 15) is 17.9 Å². The van der Waals surface area contributed by atoms with Gasteiger partial charge in [0.15, 0.2) is 9.84 Å². The molecule has 0 bridgehead atoms. The number of nitrogens with one attached hydrogen (secondary N) is 2. The summed E-state index contributed by atoms with van der Waals surface area (Å²) in [5.41, 5.74) is 3.12. The molecule has 1 aliphatic rings. The number of halogens is 2. The van der Waals surface area contributed by atoms with Crippen LogP contribution in [0.25, 0.3) is 16.6 Å². The molecule has 0 amide bonds. The molecule has 44 heavy (non-hydrogen) atoms. The Labute approximate surface area is 259 Å². The second kappa shape index (κ2) is 12.5. The quantitative estimate of drug-likeness (QED) is 0.182. The summed E-state index contributed by atoms with van der Waals surface area (Å²) in [5, 5.41) is 18.5. The van der Waals surface area contributed by atoms with Gasteiger partial charge in [0.2, 0.25) is 0 Å². The van der Waals surface area contributed by atoms with Gasteiger partial charge >= 0.3 is 0 Å². The zero-order valence-electron chi connectivity index (χ0n) is 23.7. The molecule has 1 aliphatic heterocycles. The van der Waals surface area contributed by atoms with E-state index in [0.29, 0.717) is 40.9 Å². The third-order valence-electron chi connectivity index (χ3n) is 7.69. The number of hydrogen-bond donors (Lipinski definition) is 3. The largest absolute Gasteiger partial charge is 0.487 e. The van der Waals surface area contributed by atoms with Crippen LogP contribution in [-0.4, -0.2) is 51.7 Å². The highest BCUT2D eigenvalue weighted by Gasteiger charge is 2.34. The van der Waals surface area contributed by atoms with Crippen molar-refractivity contribution in [1.82, 2.24) is 19.9 Å². The molecule has 0 aliphatic carbocycles. The van der Waals surface area contributed by atoms with Crippen molar-refractivity contribution >= 4 is 43.8 Å². The molecule has 6 rings (SSSR count). The molecule has 0 atom stereocenters. The highest BCUT2D eigenvalue weighted by molar-refractivity contribution is 7.91. The molecule has 12 heteroatoms. The second-order valence-corrected chi connectivity index (χ2v) is 13.7. The van der Waals surface area contributed by atoms with Crippen LogP contribution in [0, 0.1) is 5.82 Å². The van der Waals surface area contributed by atoms with Gasteiger partial charge in [0.25, 0.3) is 0 Å². The highest BCUT2D eigenvalue weighted by atomic mass is 35.5. The number of anilines is 2. The number of nitrogens with zero attached hydrogens (tertiary/aromatic N) is 3. The Morgan fingerprint density at radius 1 is 1.02 bits per heavy atom. The predicted molar refractivity (Wildman–Crippen MR) is 169 cm³/mol. The number of sulfone groups is 1. The summed E-state index contributed by atoms with van der Waals surface area (Å²) in [6, 6.07) is 19.5. The number of rotatable bonds is 10. The lowest BCUT2D eigenvalue weighted by Gasteiger charge is -2.32. The van der Waals surface area contributed by atoms with Gasteiger partial charge in [-0.25, -0.2) is 22.8 Å². The summed E-state index contributed by atoms with van der Waals surface area (Å²) >= 11 is 6.50. The average Bonchev–Trinajstić information content (AvgIpc) is 3.48. The van der Waals surface area contributed by atoms with Crippen molar-refractivity contribution in [3.8, 4) is 11.4 Å². The molecule has 1 saturated heterocycles. The van der Waals surface area contributed by atoms with Gasteiger partial charge in [0, 0.05) is 42.2 Å². The van der Waals surface area contributed by atoms with E-state index in [0.717, 1.165) is 22.2 Å². The molecular weight excluding hydrogens is 605 g/mol. The standard InChI is InChI=1S/C32H31ClFN5O4S/c33-28-15-25(4-7-30(28)43-19-22-2-1-3-24(34)14-22)38-31-27-16-26(5-6-29(27)36-21-37-31)39-11-8-23(18-39)17-35-20-32(40)9-12-44(41,42)13-10-32/h1-8,11,14-16,18,21,35,40H,9-10,12-13,17,19-20H2,(H,36,37,38). The fraction of sp³-hybridized carbons (Fsp3) is 0.250. The van der Waals surface area contributed by atoms with Gasteiger partial charge in [-0.05, 0) is 78.6 Å². The molecule has 2 aromatic heterocycles. The van der Waals surface area contributed by atoms with Gasteiger partial charge < -0.3 is 25.0 Å². The van der Waals surface area contributed by atoms with Crippen molar-refractivity contribution in [3.63, 3.8) is 0 Å². The minimum Gasteiger partial charge on any atom is -0.487 e. The van der Waals surface area contributed by atoms with E-state index >= 15 is 0 Å². The predicted octanol–water partition coefficient (Wildman–Crippen LogP) is 5.56. The normalized spacial score (nSPS) is 15.7. The fourth-order valence-corrected chi connectivity index (χ4v) is 6.99. The SMILES string of the molecule is O=S1(=O)CCC(O)(CNCc2ccn(-c3ccc4ncnc(Nc5ccc(OCc6cccc(F)c6)c(Cl)c5)c4c3)c2)CC1. The first-order chi connectivity index (χ1) is 21.1. The van der Waals surface area contributed by atoms with Crippen LogP contribution in [0.2, 0.25) is 5.02 Å². The number of benzene rings is 3. The lowest BCUT2D eigenvalue weighted by Crippen LogP contribution is -2.46. The van der Waals surface area contributed by atoms with Crippen LogP contribution in [0.3, 0.4) is 0 Å². The number of aliphatic hydroxyl groups is 1. The first kappa shape index (κ1) is 30.0. The maximum Gasteiger partial charge on any atom is 0.150 e. The molecule has 1 fully saturated rings. The van der Waals surface area contributed by atoms with Crippen molar-refractivity contribution in [1.29, 1.82) is 0 Å². The highest BCUT2D eigenvalue weighted by Crippen LogP contribution is 2.32. The summed E-state index contributed by atoms with van der Waals surface area (Å²) in [5.74, 6) is 0.816.